The molecular weight excluding hydrogens is 316 g/mol. The van der Waals surface area contributed by atoms with Crippen LogP contribution < -0.4 is 5.32 Å². The molecule has 1 unspecified atom stereocenters. The van der Waals surface area contributed by atoms with Gasteiger partial charge >= 0.3 is 0 Å². The van der Waals surface area contributed by atoms with Crippen LogP contribution in [-0.2, 0) is 4.79 Å². The Bertz CT molecular complexity index is 700. The van der Waals surface area contributed by atoms with Crippen molar-refractivity contribution < 1.29 is 14.0 Å². The van der Waals surface area contributed by atoms with Crippen molar-refractivity contribution in [2.45, 2.75) is 12.8 Å². The second-order valence-electron chi connectivity index (χ2n) is 5.57. The van der Waals surface area contributed by atoms with Crippen molar-refractivity contribution in [3.63, 3.8) is 0 Å². The minimum atomic E-state index is -0.235. The molecule has 0 saturated carbocycles. The van der Waals surface area contributed by atoms with Crippen LogP contribution in [0.25, 0.3) is 0 Å². The zero-order valence-electron chi connectivity index (χ0n) is 12.5. The molecular formula is C17H17ClN2O3. The van der Waals surface area contributed by atoms with E-state index in [1.165, 1.54) is 6.26 Å². The van der Waals surface area contributed by atoms with E-state index in [1.54, 1.807) is 41.3 Å². The van der Waals surface area contributed by atoms with Gasteiger partial charge in [-0.2, -0.15) is 0 Å². The fourth-order valence-corrected chi connectivity index (χ4v) is 2.93. The standard InChI is InChI=1S/C17H17ClN2O3/c18-13-5-1-6-14(10-13)19-16(21)12-4-2-8-20(11-12)17(22)15-7-3-9-23-15/h1,3,5-7,9-10,12H,2,4,8,11H2,(H,19,21). The summed E-state index contributed by atoms with van der Waals surface area (Å²) in [7, 11) is 0. The number of rotatable bonds is 3. The lowest BCUT2D eigenvalue weighted by atomic mass is 9.96. The van der Waals surface area contributed by atoms with Gasteiger partial charge in [0.15, 0.2) is 5.76 Å². The van der Waals surface area contributed by atoms with Crippen molar-refractivity contribution in [1.82, 2.24) is 4.90 Å². The Kier molecular flexibility index (Phi) is 4.67. The van der Waals surface area contributed by atoms with E-state index in [2.05, 4.69) is 5.32 Å². The number of hydrogen-bond donors (Lipinski definition) is 1. The van der Waals surface area contributed by atoms with Crippen molar-refractivity contribution >= 4 is 29.1 Å². The molecule has 1 aliphatic rings. The number of carbonyl (C=O) groups is 2. The zero-order valence-corrected chi connectivity index (χ0v) is 13.3. The van der Waals surface area contributed by atoms with Crippen LogP contribution in [0.5, 0.6) is 0 Å². The molecule has 1 aromatic heterocycles. The predicted molar refractivity (Wildman–Crippen MR) is 87.4 cm³/mol. The Labute approximate surface area is 139 Å². The third-order valence-corrected chi connectivity index (χ3v) is 4.14. The highest BCUT2D eigenvalue weighted by Gasteiger charge is 2.29. The number of hydrogen-bond acceptors (Lipinski definition) is 3. The Morgan fingerprint density at radius 3 is 2.87 bits per heavy atom. The minimum absolute atomic E-state index is 0.0933. The summed E-state index contributed by atoms with van der Waals surface area (Å²) in [6.07, 6.45) is 3.02. The maximum atomic E-state index is 12.4. The number of anilines is 1. The smallest absolute Gasteiger partial charge is 0.289 e. The Morgan fingerprint density at radius 1 is 1.26 bits per heavy atom. The van der Waals surface area contributed by atoms with Crippen LogP contribution in [0.3, 0.4) is 0 Å². The van der Waals surface area contributed by atoms with Crippen LogP contribution in [0.2, 0.25) is 5.02 Å². The van der Waals surface area contributed by atoms with E-state index in [-0.39, 0.29) is 17.7 Å². The average molecular weight is 333 g/mol. The highest BCUT2D eigenvalue weighted by Crippen LogP contribution is 2.22. The molecule has 5 nitrogen and oxygen atoms in total. The third kappa shape index (κ3) is 3.74. The molecule has 0 radical (unpaired) electrons. The molecule has 2 amide bonds. The van der Waals surface area contributed by atoms with Crippen molar-refractivity contribution in [2.75, 3.05) is 18.4 Å². The van der Waals surface area contributed by atoms with Crippen LogP contribution in [0, 0.1) is 5.92 Å². The van der Waals surface area contributed by atoms with Gasteiger partial charge in [-0.15, -0.1) is 0 Å². The number of amides is 2. The van der Waals surface area contributed by atoms with Gasteiger partial charge in [-0.05, 0) is 43.2 Å². The highest BCUT2D eigenvalue weighted by atomic mass is 35.5. The lowest BCUT2D eigenvalue weighted by Gasteiger charge is -2.31. The first-order chi connectivity index (χ1) is 11.1. The van der Waals surface area contributed by atoms with Gasteiger partial charge in [0, 0.05) is 23.8 Å². The van der Waals surface area contributed by atoms with Crippen LogP contribution >= 0.6 is 11.6 Å². The molecule has 23 heavy (non-hydrogen) atoms. The molecule has 0 bridgehead atoms. The number of nitrogens with zero attached hydrogens (tertiary/aromatic N) is 1. The first-order valence-electron chi connectivity index (χ1n) is 7.52. The van der Waals surface area contributed by atoms with E-state index in [9.17, 15) is 9.59 Å². The first kappa shape index (κ1) is 15.6. The van der Waals surface area contributed by atoms with Gasteiger partial charge in [0.2, 0.25) is 5.91 Å². The maximum absolute atomic E-state index is 12.4. The third-order valence-electron chi connectivity index (χ3n) is 3.90. The lowest BCUT2D eigenvalue weighted by Crippen LogP contribution is -2.43. The molecule has 1 aliphatic heterocycles. The summed E-state index contributed by atoms with van der Waals surface area (Å²) in [6.45, 7) is 1.03. The molecule has 3 rings (SSSR count). The summed E-state index contributed by atoms with van der Waals surface area (Å²) >= 11 is 5.92. The topological polar surface area (TPSA) is 62.6 Å². The summed E-state index contributed by atoms with van der Waals surface area (Å²) in [5, 5.41) is 3.43. The van der Waals surface area contributed by atoms with Crippen molar-refractivity contribution in [2.24, 2.45) is 5.92 Å². The number of furan rings is 1. The predicted octanol–water partition coefficient (Wildman–Crippen LogP) is 3.42. The number of benzene rings is 1. The number of halogens is 1. The van der Waals surface area contributed by atoms with Gasteiger partial charge in [-0.1, -0.05) is 17.7 Å². The molecule has 0 spiro atoms. The molecule has 1 N–H and O–H groups in total. The zero-order chi connectivity index (χ0) is 16.2. The molecule has 1 aromatic carbocycles. The number of likely N-dealkylation sites (tertiary alicyclic amines) is 1. The van der Waals surface area contributed by atoms with E-state index < -0.39 is 0 Å². The van der Waals surface area contributed by atoms with Gasteiger partial charge in [0.05, 0.1) is 12.2 Å². The van der Waals surface area contributed by atoms with Gasteiger partial charge in [-0.3, -0.25) is 9.59 Å². The van der Waals surface area contributed by atoms with Crippen LogP contribution in [0.1, 0.15) is 23.4 Å². The summed E-state index contributed by atoms with van der Waals surface area (Å²) in [5.41, 5.74) is 0.664. The van der Waals surface area contributed by atoms with Gasteiger partial charge in [0.25, 0.3) is 5.91 Å². The molecule has 2 aromatic rings. The van der Waals surface area contributed by atoms with Crippen LogP contribution in [-0.4, -0.2) is 29.8 Å². The Hall–Kier alpha value is -2.27. The van der Waals surface area contributed by atoms with E-state index in [0.717, 1.165) is 12.8 Å². The summed E-state index contributed by atoms with van der Waals surface area (Å²) in [6, 6.07) is 10.3. The number of nitrogens with one attached hydrogen (secondary N) is 1. The summed E-state index contributed by atoms with van der Waals surface area (Å²) in [4.78, 5) is 26.4. The molecule has 2 heterocycles. The molecule has 1 fully saturated rings. The van der Waals surface area contributed by atoms with Crippen molar-refractivity contribution in [3.05, 3.63) is 53.4 Å². The SMILES string of the molecule is O=C(Nc1cccc(Cl)c1)C1CCCN(C(=O)c2ccco2)C1. The second-order valence-corrected chi connectivity index (χ2v) is 6.00. The van der Waals surface area contributed by atoms with Crippen molar-refractivity contribution in [1.29, 1.82) is 0 Å². The average Bonchev–Trinajstić information content (AvgIpc) is 3.09. The lowest BCUT2D eigenvalue weighted by molar-refractivity contribution is -0.121. The minimum Gasteiger partial charge on any atom is -0.459 e. The molecule has 0 aliphatic carbocycles. The van der Waals surface area contributed by atoms with Crippen LogP contribution in [0.4, 0.5) is 5.69 Å². The number of piperidine rings is 1. The van der Waals surface area contributed by atoms with Gasteiger partial charge < -0.3 is 14.6 Å². The van der Waals surface area contributed by atoms with E-state index in [1.807, 2.05) is 0 Å². The Morgan fingerprint density at radius 2 is 2.13 bits per heavy atom. The summed E-state index contributed by atoms with van der Waals surface area (Å²) < 4.78 is 5.15. The first-order valence-corrected chi connectivity index (χ1v) is 7.90. The van der Waals surface area contributed by atoms with E-state index >= 15 is 0 Å². The van der Waals surface area contributed by atoms with Gasteiger partial charge in [-0.25, -0.2) is 0 Å². The molecule has 1 atom stereocenters. The summed E-state index contributed by atoms with van der Waals surface area (Å²) in [5.74, 6) is -0.193. The number of carbonyl (C=O) groups excluding carboxylic acids is 2. The fraction of sp³-hybridized carbons (Fsp3) is 0.294. The maximum Gasteiger partial charge on any atom is 0.289 e. The van der Waals surface area contributed by atoms with Crippen molar-refractivity contribution in [3.8, 4) is 0 Å². The van der Waals surface area contributed by atoms with Gasteiger partial charge in [0.1, 0.15) is 0 Å². The molecule has 6 heteroatoms. The highest BCUT2D eigenvalue weighted by molar-refractivity contribution is 6.30. The largest absolute Gasteiger partial charge is 0.459 e. The Balaban J connectivity index is 1.64. The van der Waals surface area contributed by atoms with E-state index in [4.69, 9.17) is 16.0 Å². The quantitative estimate of drug-likeness (QED) is 0.936. The normalized spacial score (nSPS) is 17.8. The molecule has 1 saturated heterocycles. The second kappa shape index (κ2) is 6.87. The monoisotopic (exact) mass is 332 g/mol. The fourth-order valence-electron chi connectivity index (χ4n) is 2.74. The van der Waals surface area contributed by atoms with E-state index in [0.29, 0.717) is 29.6 Å². The van der Waals surface area contributed by atoms with Crippen LogP contribution in [0.15, 0.2) is 47.1 Å². The molecule has 120 valence electrons.